The first kappa shape index (κ1) is 18.5. The Bertz CT molecular complexity index is 933. The van der Waals surface area contributed by atoms with Crippen molar-refractivity contribution in [3.05, 3.63) is 40.7 Å². The Morgan fingerprint density at radius 3 is 2.69 bits per heavy atom. The topological polar surface area (TPSA) is 72.7 Å². The quantitative estimate of drug-likeness (QED) is 0.670. The Labute approximate surface area is 158 Å². The molecule has 1 amide bonds. The summed E-state index contributed by atoms with van der Waals surface area (Å²) in [6, 6.07) is 6.40. The van der Waals surface area contributed by atoms with Crippen molar-refractivity contribution in [2.75, 3.05) is 5.32 Å². The van der Waals surface area contributed by atoms with Crippen LogP contribution >= 0.6 is 23.1 Å². The maximum Gasteiger partial charge on any atom is 0.239 e. The first-order chi connectivity index (χ1) is 12.4. The summed E-state index contributed by atoms with van der Waals surface area (Å²) in [6.07, 6.45) is 0. The molecule has 2 heterocycles. The van der Waals surface area contributed by atoms with Gasteiger partial charge in [0.2, 0.25) is 5.91 Å². The predicted octanol–water partition coefficient (Wildman–Crippen LogP) is 3.81. The molecule has 0 unspecified atom stereocenters. The maximum absolute atomic E-state index is 14.0. The normalized spacial score (nSPS) is 12.2. The van der Waals surface area contributed by atoms with Crippen LogP contribution in [0.1, 0.15) is 17.5 Å². The molecule has 136 valence electrons. The highest BCUT2D eigenvalue weighted by Crippen LogP contribution is 2.28. The number of benzene rings is 1. The van der Waals surface area contributed by atoms with Gasteiger partial charge in [-0.2, -0.15) is 0 Å². The summed E-state index contributed by atoms with van der Waals surface area (Å²) in [4.78, 5) is 17.8. The molecule has 1 N–H and O–H groups in total. The van der Waals surface area contributed by atoms with E-state index in [0.29, 0.717) is 21.7 Å². The van der Waals surface area contributed by atoms with E-state index in [4.69, 9.17) is 0 Å². The molecule has 3 aromatic rings. The Morgan fingerprint density at radius 1 is 1.31 bits per heavy atom. The molecule has 0 bridgehead atoms. The summed E-state index contributed by atoms with van der Waals surface area (Å²) in [5.74, 6) is -0.108. The highest BCUT2D eigenvalue weighted by atomic mass is 32.2. The standard InChI is InChI=1S/C17H18FN5OS2/c1-9-10(2)25-16(19-9)20-15(24)11(3)26-17-22-21-14(23(17)4)12-7-5-6-8-13(12)18/h5-8,11H,1-4H3,(H,19,20,24)/t11-/m1/s1. The molecule has 0 saturated carbocycles. The van der Waals surface area contributed by atoms with Crippen LogP contribution in [0.15, 0.2) is 29.4 Å². The van der Waals surface area contributed by atoms with Crippen molar-refractivity contribution in [2.24, 2.45) is 7.05 Å². The number of nitrogens with one attached hydrogen (secondary N) is 1. The average Bonchev–Trinajstić information content (AvgIpc) is 3.11. The molecule has 2 aromatic heterocycles. The number of hydrogen-bond donors (Lipinski definition) is 1. The number of aromatic nitrogens is 4. The number of nitrogens with zero attached hydrogens (tertiary/aromatic N) is 4. The number of rotatable bonds is 5. The number of thiazole rings is 1. The molecule has 9 heteroatoms. The molecule has 26 heavy (non-hydrogen) atoms. The van der Waals surface area contributed by atoms with Gasteiger partial charge in [-0.3, -0.25) is 4.79 Å². The number of aryl methyl sites for hydroxylation is 2. The first-order valence-electron chi connectivity index (χ1n) is 7.92. The lowest BCUT2D eigenvalue weighted by atomic mass is 10.2. The number of anilines is 1. The second-order valence-corrected chi connectivity index (χ2v) is 8.27. The second kappa shape index (κ2) is 7.55. The van der Waals surface area contributed by atoms with E-state index < -0.39 is 5.25 Å². The lowest BCUT2D eigenvalue weighted by Crippen LogP contribution is -2.22. The maximum atomic E-state index is 14.0. The van der Waals surface area contributed by atoms with Crippen LogP contribution in [0.3, 0.4) is 0 Å². The van der Waals surface area contributed by atoms with E-state index in [2.05, 4.69) is 20.5 Å². The van der Waals surface area contributed by atoms with Crippen molar-refractivity contribution < 1.29 is 9.18 Å². The molecular formula is C17H18FN5OS2. The molecule has 0 aliphatic carbocycles. The summed E-state index contributed by atoms with van der Waals surface area (Å²) >= 11 is 2.71. The molecule has 3 rings (SSSR count). The molecule has 0 fully saturated rings. The van der Waals surface area contributed by atoms with Gasteiger partial charge in [-0.25, -0.2) is 9.37 Å². The Hall–Kier alpha value is -2.26. The first-order valence-corrected chi connectivity index (χ1v) is 9.62. The number of carbonyl (C=O) groups is 1. The van der Waals surface area contributed by atoms with Crippen LogP contribution in [0.5, 0.6) is 0 Å². The Kier molecular flexibility index (Phi) is 5.38. The molecule has 1 atom stereocenters. The van der Waals surface area contributed by atoms with Crippen molar-refractivity contribution in [1.29, 1.82) is 0 Å². The van der Waals surface area contributed by atoms with Crippen molar-refractivity contribution in [1.82, 2.24) is 19.7 Å². The highest BCUT2D eigenvalue weighted by Gasteiger charge is 2.21. The van der Waals surface area contributed by atoms with Crippen LogP contribution in [0.2, 0.25) is 0 Å². The fraction of sp³-hybridized carbons (Fsp3) is 0.294. The average molecular weight is 391 g/mol. The molecule has 0 saturated heterocycles. The van der Waals surface area contributed by atoms with Gasteiger partial charge in [0.05, 0.1) is 16.5 Å². The Balaban J connectivity index is 1.72. The predicted molar refractivity (Wildman–Crippen MR) is 102 cm³/mol. The molecule has 0 aliphatic rings. The van der Waals surface area contributed by atoms with E-state index in [-0.39, 0.29) is 11.7 Å². The SMILES string of the molecule is Cc1nc(NC(=O)[C@@H](C)Sc2nnc(-c3ccccc3F)n2C)sc1C. The minimum Gasteiger partial charge on any atom is -0.305 e. The lowest BCUT2D eigenvalue weighted by molar-refractivity contribution is -0.115. The van der Waals surface area contributed by atoms with Crippen molar-refractivity contribution in [3.8, 4) is 11.4 Å². The van der Waals surface area contributed by atoms with Gasteiger partial charge in [-0.05, 0) is 32.9 Å². The number of amides is 1. The van der Waals surface area contributed by atoms with Crippen LogP contribution in [0.25, 0.3) is 11.4 Å². The van der Waals surface area contributed by atoms with Crippen LogP contribution in [-0.2, 0) is 11.8 Å². The number of carbonyl (C=O) groups excluding carboxylic acids is 1. The van der Waals surface area contributed by atoms with Crippen molar-refractivity contribution >= 4 is 34.1 Å². The minimum atomic E-state index is -0.407. The number of halogens is 1. The lowest BCUT2D eigenvalue weighted by Gasteiger charge is -2.10. The number of hydrogen-bond acceptors (Lipinski definition) is 6. The van der Waals surface area contributed by atoms with E-state index in [1.807, 2.05) is 13.8 Å². The molecular weight excluding hydrogens is 373 g/mol. The van der Waals surface area contributed by atoms with Gasteiger partial charge >= 0.3 is 0 Å². The third kappa shape index (κ3) is 3.78. The third-order valence-electron chi connectivity index (χ3n) is 3.86. The van der Waals surface area contributed by atoms with E-state index >= 15 is 0 Å². The zero-order valence-electron chi connectivity index (χ0n) is 14.8. The smallest absolute Gasteiger partial charge is 0.239 e. The molecule has 6 nitrogen and oxygen atoms in total. The van der Waals surface area contributed by atoms with Gasteiger partial charge in [0.1, 0.15) is 5.82 Å². The van der Waals surface area contributed by atoms with Crippen LogP contribution in [0.4, 0.5) is 9.52 Å². The monoisotopic (exact) mass is 391 g/mol. The summed E-state index contributed by atoms with van der Waals surface area (Å²) in [7, 11) is 1.75. The number of thioether (sulfide) groups is 1. The van der Waals surface area contributed by atoms with Crippen LogP contribution in [-0.4, -0.2) is 30.9 Å². The Morgan fingerprint density at radius 2 is 2.04 bits per heavy atom. The fourth-order valence-electron chi connectivity index (χ4n) is 2.24. The molecule has 1 aromatic carbocycles. The summed E-state index contributed by atoms with van der Waals surface area (Å²) in [6.45, 7) is 5.65. The summed E-state index contributed by atoms with van der Waals surface area (Å²) in [5, 5.41) is 11.7. The van der Waals surface area contributed by atoms with Gasteiger partial charge in [-0.15, -0.1) is 21.5 Å². The van der Waals surface area contributed by atoms with E-state index in [1.54, 1.807) is 36.7 Å². The third-order valence-corrected chi connectivity index (χ3v) is 5.98. The van der Waals surface area contributed by atoms with Gasteiger partial charge < -0.3 is 9.88 Å². The summed E-state index contributed by atoms with van der Waals surface area (Å²) in [5.41, 5.74) is 1.29. The van der Waals surface area contributed by atoms with E-state index in [9.17, 15) is 9.18 Å². The van der Waals surface area contributed by atoms with Crippen molar-refractivity contribution in [3.63, 3.8) is 0 Å². The zero-order valence-corrected chi connectivity index (χ0v) is 16.4. The molecule has 0 aliphatic heterocycles. The molecule has 0 radical (unpaired) electrons. The fourth-order valence-corrected chi connectivity index (χ4v) is 3.87. The largest absolute Gasteiger partial charge is 0.305 e. The second-order valence-electron chi connectivity index (χ2n) is 5.75. The van der Waals surface area contributed by atoms with Gasteiger partial charge in [-0.1, -0.05) is 23.9 Å². The van der Waals surface area contributed by atoms with Crippen LogP contribution in [0, 0.1) is 19.7 Å². The van der Waals surface area contributed by atoms with Gasteiger partial charge in [0.25, 0.3) is 0 Å². The van der Waals surface area contributed by atoms with Gasteiger partial charge in [0.15, 0.2) is 16.1 Å². The van der Waals surface area contributed by atoms with E-state index in [1.165, 1.54) is 29.2 Å². The van der Waals surface area contributed by atoms with Crippen molar-refractivity contribution in [2.45, 2.75) is 31.2 Å². The van der Waals surface area contributed by atoms with Crippen LogP contribution < -0.4 is 5.32 Å². The van der Waals surface area contributed by atoms with Gasteiger partial charge in [0, 0.05) is 11.9 Å². The zero-order chi connectivity index (χ0) is 18.8. The minimum absolute atomic E-state index is 0.167. The van der Waals surface area contributed by atoms with E-state index in [0.717, 1.165) is 10.6 Å². The molecule has 0 spiro atoms. The highest BCUT2D eigenvalue weighted by molar-refractivity contribution is 8.00. The summed E-state index contributed by atoms with van der Waals surface area (Å²) < 4.78 is 15.7.